The maximum Gasteiger partial charge on any atom is 0.0504 e. The molecule has 0 aliphatic heterocycles. The molecule has 0 saturated heterocycles. The quantitative estimate of drug-likeness (QED) is 0.143. The van der Waals surface area contributed by atoms with E-state index in [4.69, 9.17) is 5.73 Å². The molecule has 2 nitrogen and oxygen atoms in total. The summed E-state index contributed by atoms with van der Waals surface area (Å²) in [7, 11) is 0. The molecule has 0 saturated carbocycles. The molecule has 0 amide bonds. The molecule has 3 N–H and O–H groups in total. The molecule has 0 radical (unpaired) electrons. The fourth-order valence-corrected chi connectivity index (χ4v) is 6.85. The van der Waals surface area contributed by atoms with Crippen LogP contribution in [0.5, 0.6) is 0 Å². The Hall–Kier alpha value is -5.70. The van der Waals surface area contributed by atoms with Crippen LogP contribution >= 0.6 is 0 Å². The minimum atomic E-state index is -0.269. The zero-order valence-electron chi connectivity index (χ0n) is 25.5. The van der Waals surface area contributed by atoms with Crippen molar-refractivity contribution in [1.29, 1.82) is 0 Å². The first-order valence-electron chi connectivity index (χ1n) is 15.9. The van der Waals surface area contributed by atoms with Crippen LogP contribution in [0.3, 0.4) is 0 Å². The zero-order valence-corrected chi connectivity index (χ0v) is 25.5. The Bertz CT molecular complexity index is 2380. The van der Waals surface area contributed by atoms with Crippen molar-refractivity contribution in [3.05, 3.63) is 187 Å². The highest BCUT2D eigenvalue weighted by Gasteiger charge is 2.14. The molecule has 1 atom stereocenters. The van der Waals surface area contributed by atoms with Crippen LogP contribution in [0, 0.1) is 0 Å². The molecular weight excluding hydrogens is 556 g/mol. The summed E-state index contributed by atoms with van der Waals surface area (Å²) in [6.07, 6.45) is 2.17. The zero-order chi connectivity index (χ0) is 30.9. The third-order valence-corrected chi connectivity index (χ3v) is 9.12. The molecule has 0 spiro atoms. The highest BCUT2D eigenvalue weighted by molar-refractivity contribution is 6.14. The predicted molar refractivity (Wildman–Crippen MR) is 197 cm³/mol. The van der Waals surface area contributed by atoms with Crippen molar-refractivity contribution in [2.75, 3.05) is 0 Å². The first kappa shape index (κ1) is 27.8. The number of rotatable bonds is 7. The van der Waals surface area contributed by atoms with E-state index in [0.717, 1.165) is 16.8 Å². The summed E-state index contributed by atoms with van der Waals surface area (Å²) < 4.78 is 0. The number of benzene rings is 8. The average molecular weight is 591 g/mol. The Labute approximate surface area is 269 Å². The molecule has 8 aromatic carbocycles. The van der Waals surface area contributed by atoms with Crippen molar-refractivity contribution in [1.82, 2.24) is 5.32 Å². The number of hydrogen-bond acceptors (Lipinski definition) is 2. The van der Waals surface area contributed by atoms with Crippen molar-refractivity contribution in [2.24, 2.45) is 5.73 Å². The molecule has 46 heavy (non-hydrogen) atoms. The Morgan fingerprint density at radius 3 is 2.00 bits per heavy atom. The van der Waals surface area contributed by atoms with E-state index < -0.39 is 0 Å². The van der Waals surface area contributed by atoms with Gasteiger partial charge in [0.25, 0.3) is 0 Å². The molecule has 220 valence electrons. The first-order valence-corrected chi connectivity index (χ1v) is 15.9. The predicted octanol–water partition coefficient (Wildman–Crippen LogP) is 10.8. The van der Waals surface area contributed by atoms with Crippen molar-refractivity contribution in [2.45, 2.75) is 12.6 Å². The number of nitrogens with two attached hydrogens (primary N) is 1. The number of nitrogens with one attached hydrogen (secondary N) is 1. The molecule has 8 rings (SSSR count). The van der Waals surface area contributed by atoms with Gasteiger partial charge < -0.3 is 11.1 Å². The number of fused-ring (bicyclic) bond motifs is 5. The van der Waals surface area contributed by atoms with Crippen molar-refractivity contribution in [3.8, 4) is 11.1 Å². The number of hydrogen-bond donors (Lipinski definition) is 2. The second-order valence-corrected chi connectivity index (χ2v) is 11.9. The van der Waals surface area contributed by atoms with Gasteiger partial charge in [-0.15, -0.1) is 0 Å². The van der Waals surface area contributed by atoms with Crippen LogP contribution in [-0.4, -0.2) is 0 Å². The molecule has 0 aromatic heterocycles. The van der Waals surface area contributed by atoms with Gasteiger partial charge in [0.2, 0.25) is 0 Å². The molecule has 0 aliphatic carbocycles. The molecule has 0 aliphatic rings. The maximum atomic E-state index is 6.86. The second-order valence-electron chi connectivity index (χ2n) is 11.9. The average Bonchev–Trinajstić information content (AvgIpc) is 3.12. The third kappa shape index (κ3) is 5.19. The molecule has 8 aromatic rings. The van der Waals surface area contributed by atoms with Crippen molar-refractivity contribution >= 4 is 48.8 Å². The first-order chi connectivity index (χ1) is 22.7. The van der Waals surface area contributed by atoms with Crippen LogP contribution in [0.2, 0.25) is 0 Å². The smallest absolute Gasteiger partial charge is 0.0504 e. The Morgan fingerprint density at radius 2 is 1.17 bits per heavy atom. The highest BCUT2D eigenvalue weighted by Crippen LogP contribution is 2.35. The lowest BCUT2D eigenvalue weighted by molar-refractivity contribution is 0.865. The minimum absolute atomic E-state index is 0.269. The van der Waals surface area contributed by atoms with E-state index in [9.17, 15) is 0 Å². The molecule has 0 fully saturated rings. The summed E-state index contributed by atoms with van der Waals surface area (Å²) in [5, 5.41) is 13.9. The highest BCUT2D eigenvalue weighted by atomic mass is 14.9. The molecule has 2 heteroatoms. The summed E-state index contributed by atoms with van der Waals surface area (Å²) in [5.74, 6) is 0. The fraction of sp³-hybridized carbons (Fsp3) is 0.0455. The van der Waals surface area contributed by atoms with Gasteiger partial charge in [-0.3, -0.25) is 0 Å². The normalized spacial score (nSPS) is 12.6. The monoisotopic (exact) mass is 590 g/mol. The van der Waals surface area contributed by atoms with Gasteiger partial charge in [0.05, 0.1) is 6.04 Å². The Balaban J connectivity index is 1.27. The summed E-state index contributed by atoms with van der Waals surface area (Å²) in [5.41, 5.74) is 13.7. The minimum Gasteiger partial charge on any atom is -0.381 e. The Morgan fingerprint density at radius 1 is 0.543 bits per heavy atom. The van der Waals surface area contributed by atoms with E-state index in [0.29, 0.717) is 6.54 Å². The van der Waals surface area contributed by atoms with Gasteiger partial charge in [-0.25, -0.2) is 0 Å². The van der Waals surface area contributed by atoms with Crippen LogP contribution in [0.1, 0.15) is 22.7 Å². The molecule has 0 heterocycles. The van der Waals surface area contributed by atoms with Gasteiger partial charge in [-0.2, -0.15) is 0 Å². The van der Waals surface area contributed by atoms with E-state index >= 15 is 0 Å². The summed E-state index contributed by atoms with van der Waals surface area (Å²) in [6, 6.07) is 58.2. The summed E-state index contributed by atoms with van der Waals surface area (Å²) in [4.78, 5) is 0. The largest absolute Gasteiger partial charge is 0.381 e. The van der Waals surface area contributed by atoms with E-state index in [-0.39, 0.29) is 6.04 Å². The third-order valence-electron chi connectivity index (χ3n) is 9.12. The van der Waals surface area contributed by atoms with Crippen LogP contribution in [0.4, 0.5) is 0 Å². The summed E-state index contributed by atoms with van der Waals surface area (Å²) >= 11 is 0. The van der Waals surface area contributed by atoms with Gasteiger partial charge in [-0.1, -0.05) is 152 Å². The lowest BCUT2D eigenvalue weighted by atomic mass is 9.92. The van der Waals surface area contributed by atoms with E-state index in [1.54, 1.807) is 0 Å². The lowest BCUT2D eigenvalue weighted by Gasteiger charge is -2.19. The van der Waals surface area contributed by atoms with E-state index in [1.165, 1.54) is 59.8 Å². The molecule has 1 unspecified atom stereocenters. The van der Waals surface area contributed by atoms with Gasteiger partial charge >= 0.3 is 0 Å². The Kier molecular flexibility index (Phi) is 7.26. The van der Waals surface area contributed by atoms with Gasteiger partial charge in [0.1, 0.15) is 0 Å². The lowest BCUT2D eigenvalue weighted by Crippen LogP contribution is -2.16. The van der Waals surface area contributed by atoms with Gasteiger partial charge in [-0.05, 0) is 89.1 Å². The fourth-order valence-electron chi connectivity index (χ4n) is 6.85. The SMILES string of the molecule is NC(/C=C(\NCc1c2ccccc2cc2ccc3ccccc3c12)c1cccc(-c2cccc3ccccc23)c1)c1ccccc1. The van der Waals surface area contributed by atoms with Crippen LogP contribution in [0.25, 0.3) is 59.9 Å². The van der Waals surface area contributed by atoms with E-state index in [2.05, 4.69) is 157 Å². The van der Waals surface area contributed by atoms with Crippen LogP contribution in [-0.2, 0) is 6.54 Å². The molecule has 0 bridgehead atoms. The maximum absolute atomic E-state index is 6.86. The van der Waals surface area contributed by atoms with Crippen LogP contribution in [0.15, 0.2) is 170 Å². The second kappa shape index (κ2) is 12.0. The van der Waals surface area contributed by atoms with Crippen LogP contribution < -0.4 is 11.1 Å². The van der Waals surface area contributed by atoms with Crippen molar-refractivity contribution < 1.29 is 0 Å². The van der Waals surface area contributed by atoms with Gasteiger partial charge in [0.15, 0.2) is 0 Å². The van der Waals surface area contributed by atoms with Crippen molar-refractivity contribution in [3.63, 3.8) is 0 Å². The molecular formula is C44H34N2. The topological polar surface area (TPSA) is 38.0 Å². The van der Waals surface area contributed by atoms with E-state index in [1.807, 2.05) is 18.2 Å². The standard InChI is InChI=1S/C44H34N2/c45-42(32-14-2-1-3-15-32)28-43(35-19-10-18-34(26-35)38-23-11-17-30-12-4-7-20-37(30)38)46-29-41-39-21-8-6-16-33(39)27-36-25-24-31-13-5-9-22-40(31)44(36)41/h1-28,42,46H,29,45H2/b43-28-. The van der Waals surface area contributed by atoms with Gasteiger partial charge in [0, 0.05) is 12.2 Å². The summed E-state index contributed by atoms with van der Waals surface area (Å²) in [6.45, 7) is 0.650.